The van der Waals surface area contributed by atoms with Gasteiger partial charge in [0.2, 0.25) is 5.91 Å². The van der Waals surface area contributed by atoms with Crippen molar-refractivity contribution >= 4 is 23.5 Å². The molecule has 0 saturated carbocycles. The number of carboxylic acids is 1. The molecule has 7 heteroatoms. The number of likely N-dealkylation sites (N-methyl/N-ethyl adjacent to an activating group) is 1. The molecule has 0 atom stereocenters. The molecule has 0 spiro atoms. The molecular weight excluding hydrogens is 262 g/mol. The number of carboxylic acid groups (broad SMARTS) is 1. The van der Waals surface area contributed by atoms with Crippen molar-refractivity contribution in [2.75, 3.05) is 25.4 Å². The monoisotopic (exact) mass is 279 g/mol. The van der Waals surface area contributed by atoms with E-state index < -0.39 is 17.8 Å². The third kappa shape index (κ3) is 4.60. The van der Waals surface area contributed by atoms with Gasteiger partial charge in [-0.2, -0.15) is 0 Å². The van der Waals surface area contributed by atoms with Crippen molar-refractivity contribution in [1.82, 2.24) is 10.2 Å². The number of nitrogen functional groups attached to an aromatic ring is 1. The number of rotatable bonds is 6. The number of hydrogen-bond acceptors (Lipinski definition) is 4. The van der Waals surface area contributed by atoms with E-state index in [9.17, 15) is 14.4 Å². The van der Waals surface area contributed by atoms with Gasteiger partial charge in [-0.25, -0.2) is 0 Å². The second-order valence-corrected chi connectivity index (χ2v) is 4.11. The number of carbonyl (C=O) groups excluding carboxylic acids is 2. The van der Waals surface area contributed by atoms with Crippen molar-refractivity contribution in [1.29, 1.82) is 0 Å². The Morgan fingerprint density at radius 2 is 1.85 bits per heavy atom. The lowest BCUT2D eigenvalue weighted by Crippen LogP contribution is -2.42. The molecule has 4 N–H and O–H groups in total. The first-order valence-electron chi connectivity index (χ1n) is 6.07. The van der Waals surface area contributed by atoms with Gasteiger partial charge in [-0.15, -0.1) is 0 Å². The molecule has 2 amide bonds. The van der Waals surface area contributed by atoms with E-state index in [1.54, 1.807) is 31.2 Å². The summed E-state index contributed by atoms with van der Waals surface area (Å²) in [7, 11) is 0. The van der Waals surface area contributed by atoms with Crippen LogP contribution in [0, 0.1) is 0 Å². The average molecular weight is 279 g/mol. The Hall–Kier alpha value is -2.57. The minimum Gasteiger partial charge on any atom is -0.480 e. The Kier molecular flexibility index (Phi) is 5.52. The highest BCUT2D eigenvalue weighted by Crippen LogP contribution is 2.04. The van der Waals surface area contributed by atoms with E-state index in [1.165, 1.54) is 0 Å². The largest absolute Gasteiger partial charge is 0.480 e. The maximum atomic E-state index is 11.8. The smallest absolute Gasteiger partial charge is 0.323 e. The van der Waals surface area contributed by atoms with Crippen LogP contribution in [-0.4, -0.2) is 47.4 Å². The number of nitrogens with two attached hydrogens (primary N) is 1. The normalized spacial score (nSPS) is 9.85. The zero-order chi connectivity index (χ0) is 15.1. The van der Waals surface area contributed by atoms with E-state index in [2.05, 4.69) is 5.32 Å². The number of nitrogens with one attached hydrogen (secondary N) is 1. The van der Waals surface area contributed by atoms with Crippen molar-refractivity contribution in [3.63, 3.8) is 0 Å². The second-order valence-electron chi connectivity index (χ2n) is 4.11. The van der Waals surface area contributed by atoms with Gasteiger partial charge < -0.3 is 21.1 Å². The van der Waals surface area contributed by atoms with Gasteiger partial charge in [-0.3, -0.25) is 14.4 Å². The van der Waals surface area contributed by atoms with Crippen LogP contribution in [0.3, 0.4) is 0 Å². The van der Waals surface area contributed by atoms with Gasteiger partial charge in [0, 0.05) is 17.8 Å². The van der Waals surface area contributed by atoms with Gasteiger partial charge in [-0.1, -0.05) is 0 Å². The van der Waals surface area contributed by atoms with Crippen LogP contribution in [0.2, 0.25) is 0 Å². The molecule has 1 rings (SSSR count). The molecule has 1 aromatic rings. The Morgan fingerprint density at radius 3 is 2.35 bits per heavy atom. The van der Waals surface area contributed by atoms with E-state index >= 15 is 0 Å². The predicted octanol–water partition coefficient (Wildman–Crippen LogP) is -0.0683. The van der Waals surface area contributed by atoms with Gasteiger partial charge in [0.15, 0.2) is 0 Å². The molecule has 0 unspecified atom stereocenters. The fraction of sp³-hybridized carbons (Fsp3) is 0.308. The summed E-state index contributed by atoms with van der Waals surface area (Å²) < 4.78 is 0. The highest BCUT2D eigenvalue weighted by atomic mass is 16.4. The molecule has 0 heterocycles. The fourth-order valence-corrected chi connectivity index (χ4v) is 1.54. The van der Waals surface area contributed by atoms with Crippen LogP contribution in [0.5, 0.6) is 0 Å². The molecule has 0 aromatic heterocycles. The number of anilines is 1. The van der Waals surface area contributed by atoms with Crippen molar-refractivity contribution < 1.29 is 19.5 Å². The SMILES string of the molecule is CCN(CC(=O)O)C(=O)CNC(=O)c1ccc(N)cc1. The van der Waals surface area contributed by atoms with E-state index in [0.717, 1.165) is 4.90 Å². The molecule has 0 saturated heterocycles. The number of amides is 2. The van der Waals surface area contributed by atoms with E-state index in [-0.39, 0.29) is 19.6 Å². The topological polar surface area (TPSA) is 113 Å². The van der Waals surface area contributed by atoms with E-state index in [0.29, 0.717) is 11.3 Å². The van der Waals surface area contributed by atoms with E-state index in [1.807, 2.05) is 0 Å². The first-order valence-corrected chi connectivity index (χ1v) is 6.07. The highest BCUT2D eigenvalue weighted by molar-refractivity contribution is 5.96. The lowest BCUT2D eigenvalue weighted by Gasteiger charge is -2.18. The molecule has 0 fully saturated rings. The van der Waals surface area contributed by atoms with Crippen LogP contribution in [0.25, 0.3) is 0 Å². The van der Waals surface area contributed by atoms with E-state index in [4.69, 9.17) is 10.8 Å². The number of benzene rings is 1. The van der Waals surface area contributed by atoms with Crippen LogP contribution in [-0.2, 0) is 9.59 Å². The Balaban J connectivity index is 2.53. The quantitative estimate of drug-likeness (QED) is 0.631. The average Bonchev–Trinajstić information content (AvgIpc) is 2.42. The number of aliphatic carboxylic acids is 1. The molecule has 108 valence electrons. The van der Waals surface area contributed by atoms with Crippen LogP contribution >= 0.6 is 0 Å². The first-order chi connectivity index (χ1) is 9.43. The molecule has 7 nitrogen and oxygen atoms in total. The van der Waals surface area contributed by atoms with Crippen molar-refractivity contribution in [2.24, 2.45) is 0 Å². The van der Waals surface area contributed by atoms with Gasteiger partial charge in [-0.05, 0) is 31.2 Å². The second kappa shape index (κ2) is 7.13. The molecule has 0 aliphatic heterocycles. The maximum absolute atomic E-state index is 11.8. The third-order valence-electron chi connectivity index (χ3n) is 2.63. The van der Waals surface area contributed by atoms with Gasteiger partial charge in [0.1, 0.15) is 6.54 Å². The highest BCUT2D eigenvalue weighted by Gasteiger charge is 2.15. The molecule has 0 aliphatic rings. The van der Waals surface area contributed by atoms with Crippen LogP contribution in [0.15, 0.2) is 24.3 Å². The molecule has 0 aliphatic carbocycles. The maximum Gasteiger partial charge on any atom is 0.323 e. The summed E-state index contributed by atoms with van der Waals surface area (Å²) in [6.45, 7) is 1.31. The summed E-state index contributed by atoms with van der Waals surface area (Å²) in [5.41, 5.74) is 6.43. The van der Waals surface area contributed by atoms with Gasteiger partial charge in [0.05, 0.1) is 6.54 Å². The molecule has 0 radical (unpaired) electrons. The van der Waals surface area contributed by atoms with Crippen molar-refractivity contribution in [3.05, 3.63) is 29.8 Å². The molecule has 20 heavy (non-hydrogen) atoms. The zero-order valence-electron chi connectivity index (χ0n) is 11.1. The summed E-state index contributed by atoms with van der Waals surface area (Å²) in [5, 5.41) is 11.1. The number of hydrogen-bond donors (Lipinski definition) is 3. The fourth-order valence-electron chi connectivity index (χ4n) is 1.54. The summed E-state index contributed by atoms with van der Waals surface area (Å²) in [6.07, 6.45) is 0. The number of nitrogens with zero attached hydrogens (tertiary/aromatic N) is 1. The summed E-state index contributed by atoms with van der Waals surface area (Å²) in [6, 6.07) is 6.26. The van der Waals surface area contributed by atoms with Crippen molar-refractivity contribution in [2.45, 2.75) is 6.92 Å². The van der Waals surface area contributed by atoms with Crippen LogP contribution in [0.1, 0.15) is 17.3 Å². The summed E-state index contributed by atoms with van der Waals surface area (Å²) in [4.78, 5) is 35.2. The zero-order valence-corrected chi connectivity index (χ0v) is 11.1. The summed E-state index contributed by atoms with van der Waals surface area (Å²) in [5.74, 6) is -1.95. The van der Waals surface area contributed by atoms with Crippen LogP contribution < -0.4 is 11.1 Å². The first kappa shape index (κ1) is 15.5. The third-order valence-corrected chi connectivity index (χ3v) is 2.63. The number of carbonyl (C=O) groups is 3. The predicted molar refractivity (Wildman–Crippen MR) is 73.1 cm³/mol. The van der Waals surface area contributed by atoms with Crippen LogP contribution in [0.4, 0.5) is 5.69 Å². The Morgan fingerprint density at radius 1 is 1.25 bits per heavy atom. The Bertz CT molecular complexity index is 499. The van der Waals surface area contributed by atoms with Gasteiger partial charge >= 0.3 is 5.97 Å². The minimum atomic E-state index is -1.09. The summed E-state index contributed by atoms with van der Waals surface area (Å²) >= 11 is 0. The van der Waals surface area contributed by atoms with Gasteiger partial charge in [0.25, 0.3) is 5.91 Å². The molecule has 0 bridgehead atoms. The molecule has 1 aromatic carbocycles. The Labute approximate surface area is 116 Å². The standard InChI is InChI=1S/C13H17N3O4/c1-2-16(8-12(18)19)11(17)7-15-13(20)9-3-5-10(14)6-4-9/h3-6H,2,7-8,14H2,1H3,(H,15,20)(H,18,19). The molecular formula is C13H17N3O4. The van der Waals surface area contributed by atoms with Crippen molar-refractivity contribution in [3.8, 4) is 0 Å². The lowest BCUT2D eigenvalue weighted by molar-refractivity contribution is -0.143. The minimum absolute atomic E-state index is 0.246. The lowest BCUT2D eigenvalue weighted by atomic mass is 10.2.